The quantitative estimate of drug-likeness (QED) is 0.457. The van der Waals surface area contributed by atoms with Gasteiger partial charge in [0.05, 0.1) is 7.11 Å². The van der Waals surface area contributed by atoms with Crippen molar-refractivity contribution in [1.29, 1.82) is 0 Å². The molecular weight excluding hydrogens is 391 g/mol. The van der Waals surface area contributed by atoms with Crippen molar-refractivity contribution in [2.75, 3.05) is 13.0 Å². The summed E-state index contributed by atoms with van der Waals surface area (Å²) in [7, 11) is 1.44. The van der Waals surface area contributed by atoms with E-state index in [4.69, 9.17) is 15.3 Å². The molecule has 8 heteroatoms. The molecule has 29 heavy (non-hydrogen) atoms. The summed E-state index contributed by atoms with van der Waals surface area (Å²) in [5, 5.41) is 8.72. The van der Waals surface area contributed by atoms with E-state index >= 15 is 0 Å². The van der Waals surface area contributed by atoms with E-state index in [1.54, 1.807) is 12.1 Å². The third-order valence-corrected chi connectivity index (χ3v) is 5.42. The molecule has 0 aliphatic carbocycles. The lowest BCUT2D eigenvalue weighted by atomic mass is 9.87. The van der Waals surface area contributed by atoms with Gasteiger partial charge < -0.3 is 15.3 Å². The Morgan fingerprint density at radius 1 is 1.10 bits per heavy atom. The fraction of sp³-hybridized carbons (Fsp3) is 0.333. The second-order valence-electron chi connectivity index (χ2n) is 7.59. The molecule has 0 saturated carbocycles. The third-order valence-electron chi connectivity index (χ3n) is 4.41. The first-order valence-corrected chi connectivity index (χ1v) is 10.1. The van der Waals surface area contributed by atoms with Crippen molar-refractivity contribution < 1.29 is 13.9 Å². The summed E-state index contributed by atoms with van der Waals surface area (Å²) in [5.74, 6) is 7.66. The summed E-state index contributed by atoms with van der Waals surface area (Å²) in [4.78, 5) is 0. The van der Waals surface area contributed by atoms with E-state index in [1.807, 2.05) is 12.1 Å². The van der Waals surface area contributed by atoms with Crippen LogP contribution < -0.4 is 15.3 Å². The summed E-state index contributed by atoms with van der Waals surface area (Å²) in [6, 6.07) is 12.8. The lowest BCUT2D eigenvalue weighted by Crippen LogP contribution is -2.16. The van der Waals surface area contributed by atoms with Gasteiger partial charge in [-0.15, -0.1) is 10.2 Å². The van der Waals surface area contributed by atoms with E-state index in [1.165, 1.54) is 35.2 Å². The number of hydrogen-bond acceptors (Lipinski definition) is 6. The van der Waals surface area contributed by atoms with Gasteiger partial charge in [0, 0.05) is 5.75 Å². The molecular formula is C21H25FN4O2S. The van der Waals surface area contributed by atoms with E-state index in [2.05, 4.69) is 43.1 Å². The van der Waals surface area contributed by atoms with Crippen molar-refractivity contribution in [3.8, 4) is 11.5 Å². The van der Waals surface area contributed by atoms with Crippen molar-refractivity contribution in [2.45, 2.75) is 43.7 Å². The average Bonchev–Trinajstić information content (AvgIpc) is 3.04. The normalized spacial score (nSPS) is 11.5. The standard InChI is InChI=1S/C21H25FN4O2S/c1-21(2,3)15-6-8-16(9-7-15)28-12-19-24-25-20(26(19)23)29-13-14-5-10-18(27-4)17(22)11-14/h5-11H,12-13,23H2,1-4H3. The van der Waals surface area contributed by atoms with Gasteiger partial charge in [0.2, 0.25) is 5.16 Å². The molecule has 0 spiro atoms. The lowest BCUT2D eigenvalue weighted by Gasteiger charge is -2.19. The van der Waals surface area contributed by atoms with Gasteiger partial charge >= 0.3 is 0 Å². The zero-order chi connectivity index (χ0) is 21.0. The molecule has 0 fully saturated rings. The van der Waals surface area contributed by atoms with Crippen LogP contribution in [0.4, 0.5) is 4.39 Å². The Kier molecular flexibility index (Phi) is 6.32. The van der Waals surface area contributed by atoms with Crippen molar-refractivity contribution >= 4 is 11.8 Å². The highest BCUT2D eigenvalue weighted by molar-refractivity contribution is 7.98. The minimum absolute atomic E-state index is 0.0922. The molecule has 0 radical (unpaired) electrons. The van der Waals surface area contributed by atoms with Crippen LogP contribution in [0.5, 0.6) is 11.5 Å². The number of ether oxygens (including phenoxy) is 2. The number of halogens is 1. The molecule has 1 heterocycles. The average molecular weight is 417 g/mol. The first-order valence-electron chi connectivity index (χ1n) is 9.16. The molecule has 6 nitrogen and oxygen atoms in total. The zero-order valence-corrected chi connectivity index (χ0v) is 17.8. The number of nitrogens with zero attached hydrogens (tertiary/aromatic N) is 3. The van der Waals surface area contributed by atoms with Gasteiger partial charge in [-0.25, -0.2) is 9.07 Å². The minimum Gasteiger partial charge on any atom is -0.494 e. The monoisotopic (exact) mass is 416 g/mol. The van der Waals surface area contributed by atoms with E-state index in [-0.39, 0.29) is 17.8 Å². The van der Waals surface area contributed by atoms with Crippen LogP contribution in [-0.2, 0) is 17.8 Å². The largest absolute Gasteiger partial charge is 0.494 e. The first-order chi connectivity index (χ1) is 13.8. The molecule has 0 atom stereocenters. The number of thioether (sulfide) groups is 1. The Morgan fingerprint density at radius 2 is 1.83 bits per heavy atom. The number of methoxy groups -OCH3 is 1. The molecule has 154 valence electrons. The Labute approximate surface area is 174 Å². The van der Waals surface area contributed by atoms with E-state index in [9.17, 15) is 4.39 Å². The maximum absolute atomic E-state index is 13.8. The third kappa shape index (κ3) is 5.20. The van der Waals surface area contributed by atoms with E-state index in [0.29, 0.717) is 16.7 Å². The van der Waals surface area contributed by atoms with Crippen molar-refractivity contribution in [3.63, 3.8) is 0 Å². The molecule has 1 aromatic heterocycles. The predicted octanol–water partition coefficient (Wildman–Crippen LogP) is 4.31. The van der Waals surface area contributed by atoms with Crippen molar-refractivity contribution in [1.82, 2.24) is 14.9 Å². The molecule has 0 aliphatic heterocycles. The van der Waals surface area contributed by atoms with Crippen molar-refractivity contribution in [3.05, 3.63) is 65.2 Å². The highest BCUT2D eigenvalue weighted by atomic mass is 32.2. The summed E-state index contributed by atoms with van der Waals surface area (Å²) in [6.45, 7) is 6.70. The van der Waals surface area contributed by atoms with Crippen LogP contribution in [-0.4, -0.2) is 22.0 Å². The van der Waals surface area contributed by atoms with Gasteiger partial charge in [0.25, 0.3) is 0 Å². The van der Waals surface area contributed by atoms with Gasteiger partial charge in [-0.2, -0.15) is 0 Å². The van der Waals surface area contributed by atoms with Crippen LogP contribution in [0.2, 0.25) is 0 Å². The zero-order valence-electron chi connectivity index (χ0n) is 17.0. The van der Waals surface area contributed by atoms with Crippen LogP contribution in [0.15, 0.2) is 47.6 Å². The molecule has 2 N–H and O–H groups in total. The highest BCUT2D eigenvalue weighted by Crippen LogP contribution is 2.26. The van der Waals surface area contributed by atoms with Crippen LogP contribution in [0.1, 0.15) is 37.7 Å². The molecule has 0 amide bonds. The molecule has 2 aromatic carbocycles. The smallest absolute Gasteiger partial charge is 0.210 e. The summed E-state index contributed by atoms with van der Waals surface area (Å²) in [6.07, 6.45) is 0. The number of nitrogen functional groups attached to an aromatic ring is 1. The van der Waals surface area contributed by atoms with Crippen LogP contribution >= 0.6 is 11.8 Å². The van der Waals surface area contributed by atoms with Gasteiger partial charge in [-0.05, 0) is 40.8 Å². The number of hydrogen-bond donors (Lipinski definition) is 1. The fourth-order valence-electron chi connectivity index (χ4n) is 2.65. The van der Waals surface area contributed by atoms with Crippen LogP contribution in [0.25, 0.3) is 0 Å². The first kappa shape index (κ1) is 21.0. The number of nitrogens with two attached hydrogens (primary N) is 1. The van der Waals surface area contributed by atoms with Gasteiger partial charge in [-0.1, -0.05) is 50.7 Å². The van der Waals surface area contributed by atoms with Crippen LogP contribution in [0.3, 0.4) is 0 Å². The summed E-state index contributed by atoms with van der Waals surface area (Å²) < 4.78 is 25.9. The van der Waals surface area contributed by atoms with E-state index < -0.39 is 5.82 Å². The maximum atomic E-state index is 13.8. The second kappa shape index (κ2) is 8.73. The topological polar surface area (TPSA) is 75.2 Å². The molecule has 0 unspecified atom stereocenters. The SMILES string of the molecule is COc1ccc(CSc2nnc(COc3ccc(C(C)(C)C)cc3)n2N)cc1F. The minimum atomic E-state index is -0.397. The van der Waals surface area contributed by atoms with Gasteiger partial charge in [0.1, 0.15) is 12.4 Å². The number of benzene rings is 2. The molecule has 3 rings (SSSR count). The highest BCUT2D eigenvalue weighted by Gasteiger charge is 2.14. The van der Waals surface area contributed by atoms with Crippen LogP contribution in [0, 0.1) is 5.82 Å². The lowest BCUT2D eigenvalue weighted by molar-refractivity contribution is 0.291. The van der Waals surface area contributed by atoms with E-state index in [0.717, 1.165) is 11.3 Å². The Bertz CT molecular complexity index is 968. The summed E-state index contributed by atoms with van der Waals surface area (Å²) in [5.41, 5.74) is 2.13. The molecule has 0 aliphatic rings. The van der Waals surface area contributed by atoms with Gasteiger partial charge in [0.15, 0.2) is 17.4 Å². The molecule has 0 saturated heterocycles. The molecule has 3 aromatic rings. The fourth-order valence-corrected chi connectivity index (χ4v) is 3.47. The summed E-state index contributed by atoms with van der Waals surface area (Å²) >= 11 is 1.37. The molecule has 0 bridgehead atoms. The Balaban J connectivity index is 1.58. The number of rotatable bonds is 7. The second-order valence-corrected chi connectivity index (χ2v) is 8.53. The van der Waals surface area contributed by atoms with Crippen molar-refractivity contribution in [2.24, 2.45) is 0 Å². The Morgan fingerprint density at radius 3 is 2.45 bits per heavy atom. The number of aromatic nitrogens is 3. The maximum Gasteiger partial charge on any atom is 0.210 e. The van der Waals surface area contributed by atoms with Gasteiger partial charge in [-0.3, -0.25) is 0 Å². The predicted molar refractivity (Wildman–Crippen MR) is 112 cm³/mol. The Hall–Kier alpha value is -2.74.